The molecule has 8 nitrogen and oxygen atoms in total. The highest BCUT2D eigenvalue weighted by Gasteiger charge is 2.11. The Labute approximate surface area is 172 Å². The number of rotatable bonds is 8. The van der Waals surface area contributed by atoms with Crippen molar-refractivity contribution in [3.8, 4) is 11.5 Å². The van der Waals surface area contributed by atoms with Gasteiger partial charge in [-0.15, -0.1) is 0 Å². The normalized spacial score (nSPS) is 10.6. The van der Waals surface area contributed by atoms with Crippen LogP contribution in [-0.2, 0) is 6.61 Å². The topological polar surface area (TPSA) is 110 Å². The van der Waals surface area contributed by atoms with Crippen molar-refractivity contribution in [1.82, 2.24) is 10.4 Å². The van der Waals surface area contributed by atoms with E-state index in [0.717, 1.165) is 5.56 Å². The molecule has 0 fully saturated rings. The number of nitrogens with one attached hydrogen (secondary N) is 1. The first-order valence-electron chi connectivity index (χ1n) is 8.94. The molecule has 152 valence electrons. The Morgan fingerprint density at radius 1 is 1.10 bits per heavy atom. The van der Waals surface area contributed by atoms with Gasteiger partial charge in [-0.05, 0) is 42.0 Å². The van der Waals surface area contributed by atoms with Crippen LogP contribution in [0.1, 0.15) is 31.8 Å². The molecule has 8 heteroatoms. The number of para-hydroxylation sites is 1. The van der Waals surface area contributed by atoms with Crippen molar-refractivity contribution >= 4 is 18.1 Å². The number of benzene rings is 2. The lowest BCUT2D eigenvalue weighted by Gasteiger charge is -2.13. The molecule has 0 aliphatic rings. The van der Waals surface area contributed by atoms with Gasteiger partial charge in [0.15, 0.2) is 11.5 Å². The number of amides is 1. The first-order valence-corrected chi connectivity index (χ1v) is 8.94. The molecule has 0 saturated carbocycles. The van der Waals surface area contributed by atoms with E-state index in [0.29, 0.717) is 22.6 Å². The van der Waals surface area contributed by atoms with Crippen LogP contribution < -0.4 is 14.9 Å². The van der Waals surface area contributed by atoms with Gasteiger partial charge in [-0.3, -0.25) is 9.78 Å². The fourth-order valence-electron chi connectivity index (χ4n) is 2.57. The highest BCUT2D eigenvalue weighted by molar-refractivity contribution is 5.95. The molecule has 1 amide bonds. The molecule has 0 aliphatic carbocycles. The van der Waals surface area contributed by atoms with Crippen molar-refractivity contribution < 1.29 is 24.2 Å². The number of carboxylic acids is 1. The first-order chi connectivity index (χ1) is 14.6. The number of nitrogens with zero attached hydrogens (tertiary/aromatic N) is 2. The number of ether oxygens (including phenoxy) is 2. The molecule has 30 heavy (non-hydrogen) atoms. The van der Waals surface area contributed by atoms with E-state index in [9.17, 15) is 9.59 Å². The van der Waals surface area contributed by atoms with Gasteiger partial charge in [-0.1, -0.05) is 18.2 Å². The lowest BCUT2D eigenvalue weighted by Crippen LogP contribution is -2.17. The Morgan fingerprint density at radius 3 is 2.57 bits per heavy atom. The fourth-order valence-corrected chi connectivity index (χ4v) is 2.57. The Morgan fingerprint density at radius 2 is 1.90 bits per heavy atom. The summed E-state index contributed by atoms with van der Waals surface area (Å²) in [5.41, 5.74) is 4.42. The van der Waals surface area contributed by atoms with E-state index in [1.165, 1.54) is 31.7 Å². The average Bonchev–Trinajstić information content (AvgIpc) is 2.78. The highest BCUT2D eigenvalue weighted by Crippen LogP contribution is 2.30. The van der Waals surface area contributed by atoms with Gasteiger partial charge in [-0.25, -0.2) is 10.2 Å². The summed E-state index contributed by atoms with van der Waals surface area (Å²) in [5, 5.41) is 13.0. The largest absolute Gasteiger partial charge is 0.493 e. The molecule has 0 spiro atoms. The van der Waals surface area contributed by atoms with Crippen LogP contribution in [0.3, 0.4) is 0 Å². The molecular weight excluding hydrogens is 386 g/mol. The summed E-state index contributed by atoms with van der Waals surface area (Å²) in [6.45, 7) is 0.198. The van der Waals surface area contributed by atoms with Crippen molar-refractivity contribution in [2.24, 2.45) is 5.10 Å². The molecule has 0 unspecified atom stereocenters. The zero-order valence-corrected chi connectivity index (χ0v) is 16.1. The van der Waals surface area contributed by atoms with Crippen LogP contribution >= 0.6 is 0 Å². The molecule has 2 aromatic carbocycles. The molecule has 0 saturated heterocycles. The molecular formula is C22H19N3O5. The summed E-state index contributed by atoms with van der Waals surface area (Å²) >= 11 is 0. The Balaban J connectivity index is 1.72. The monoisotopic (exact) mass is 405 g/mol. The van der Waals surface area contributed by atoms with Gasteiger partial charge >= 0.3 is 5.97 Å². The third-order valence-electron chi connectivity index (χ3n) is 4.11. The van der Waals surface area contributed by atoms with Gasteiger partial charge in [0.25, 0.3) is 5.91 Å². The Kier molecular flexibility index (Phi) is 6.73. The minimum absolute atomic E-state index is 0.198. The Bertz CT molecular complexity index is 1050. The molecule has 1 heterocycles. The molecule has 2 N–H and O–H groups in total. The molecule has 3 aromatic rings. The highest BCUT2D eigenvalue weighted by atomic mass is 16.5. The van der Waals surface area contributed by atoms with Crippen LogP contribution in [0.5, 0.6) is 11.5 Å². The summed E-state index contributed by atoms with van der Waals surface area (Å²) in [6.07, 6.45) is 4.48. The lowest BCUT2D eigenvalue weighted by molar-refractivity contribution is 0.0696. The number of aromatic nitrogens is 1. The maximum atomic E-state index is 12.1. The summed E-state index contributed by atoms with van der Waals surface area (Å²) in [7, 11) is 1.52. The van der Waals surface area contributed by atoms with Gasteiger partial charge in [0.1, 0.15) is 6.61 Å². The predicted molar refractivity (Wildman–Crippen MR) is 110 cm³/mol. The lowest BCUT2D eigenvalue weighted by atomic mass is 10.1. The second-order valence-electron chi connectivity index (χ2n) is 6.11. The summed E-state index contributed by atoms with van der Waals surface area (Å²) in [6, 6.07) is 15.0. The predicted octanol–water partition coefficient (Wildman–Crippen LogP) is 3.13. The number of hydrogen-bond donors (Lipinski definition) is 2. The molecule has 0 atom stereocenters. The number of hydrazone groups is 1. The van der Waals surface area contributed by atoms with E-state index >= 15 is 0 Å². The number of carboxylic acid groups (broad SMARTS) is 1. The van der Waals surface area contributed by atoms with Crippen LogP contribution in [-0.4, -0.2) is 35.3 Å². The SMILES string of the molecule is COc1cccc(/C=N\NC(=O)c2cccnc2)c1OCc1ccc(C(=O)O)cc1. The number of aromatic carboxylic acids is 1. The van der Waals surface area contributed by atoms with E-state index in [2.05, 4.69) is 15.5 Å². The molecule has 1 aromatic heterocycles. The van der Waals surface area contributed by atoms with Crippen molar-refractivity contribution in [2.45, 2.75) is 6.61 Å². The minimum Gasteiger partial charge on any atom is -0.493 e. The average molecular weight is 405 g/mol. The quantitative estimate of drug-likeness (QED) is 0.440. The zero-order valence-electron chi connectivity index (χ0n) is 16.1. The number of carbonyl (C=O) groups excluding carboxylic acids is 1. The van der Waals surface area contributed by atoms with Crippen molar-refractivity contribution in [3.63, 3.8) is 0 Å². The van der Waals surface area contributed by atoms with Crippen LogP contribution in [0.2, 0.25) is 0 Å². The number of pyridine rings is 1. The van der Waals surface area contributed by atoms with E-state index in [4.69, 9.17) is 14.6 Å². The maximum absolute atomic E-state index is 12.1. The third kappa shape index (κ3) is 5.20. The van der Waals surface area contributed by atoms with Crippen molar-refractivity contribution in [3.05, 3.63) is 89.2 Å². The van der Waals surface area contributed by atoms with E-state index in [-0.39, 0.29) is 18.1 Å². The Hall–Kier alpha value is -4.20. The summed E-state index contributed by atoms with van der Waals surface area (Å²) in [4.78, 5) is 26.9. The van der Waals surface area contributed by atoms with Gasteiger partial charge in [0, 0.05) is 18.0 Å². The summed E-state index contributed by atoms with van der Waals surface area (Å²) in [5.74, 6) is -0.427. The van der Waals surface area contributed by atoms with E-state index < -0.39 is 5.97 Å². The minimum atomic E-state index is -0.987. The van der Waals surface area contributed by atoms with Crippen molar-refractivity contribution in [2.75, 3.05) is 7.11 Å². The van der Waals surface area contributed by atoms with Gasteiger partial charge in [0.05, 0.1) is 24.5 Å². The van der Waals surface area contributed by atoms with Gasteiger partial charge in [-0.2, -0.15) is 5.10 Å². The van der Waals surface area contributed by atoms with Gasteiger partial charge < -0.3 is 14.6 Å². The number of carbonyl (C=O) groups is 2. The van der Waals surface area contributed by atoms with Crippen LogP contribution in [0.25, 0.3) is 0 Å². The standard InChI is InChI=1S/C22H19N3O5/c1-29-19-6-2-4-17(13-24-25-21(26)18-5-3-11-23-12-18)20(19)30-14-15-7-9-16(10-8-15)22(27)28/h2-13H,14H2,1H3,(H,25,26)(H,27,28)/b24-13-. The van der Waals surface area contributed by atoms with Gasteiger partial charge in [0.2, 0.25) is 0 Å². The molecule has 3 rings (SSSR count). The zero-order chi connectivity index (χ0) is 21.3. The molecule has 0 radical (unpaired) electrons. The van der Waals surface area contributed by atoms with Crippen molar-refractivity contribution in [1.29, 1.82) is 0 Å². The maximum Gasteiger partial charge on any atom is 0.335 e. The van der Waals surface area contributed by atoms with Crippen LogP contribution in [0.4, 0.5) is 0 Å². The van der Waals surface area contributed by atoms with Crippen LogP contribution in [0, 0.1) is 0 Å². The molecule has 0 aliphatic heterocycles. The van der Waals surface area contributed by atoms with E-state index in [1.54, 1.807) is 48.7 Å². The van der Waals surface area contributed by atoms with E-state index in [1.807, 2.05) is 0 Å². The summed E-state index contributed by atoms with van der Waals surface area (Å²) < 4.78 is 11.3. The fraction of sp³-hybridized carbons (Fsp3) is 0.0909. The first kappa shape index (κ1) is 20.5. The second-order valence-corrected chi connectivity index (χ2v) is 6.11. The molecule has 0 bridgehead atoms. The number of methoxy groups -OCH3 is 1. The smallest absolute Gasteiger partial charge is 0.335 e. The van der Waals surface area contributed by atoms with Crippen LogP contribution in [0.15, 0.2) is 72.1 Å². The second kappa shape index (κ2) is 9.83. The number of hydrogen-bond acceptors (Lipinski definition) is 6. The third-order valence-corrected chi connectivity index (χ3v) is 4.11.